The summed E-state index contributed by atoms with van der Waals surface area (Å²) in [5.74, 6) is -0.465. The van der Waals surface area contributed by atoms with E-state index in [2.05, 4.69) is 26.0 Å². The van der Waals surface area contributed by atoms with Gasteiger partial charge in [0, 0.05) is 23.3 Å². The molecule has 0 amide bonds. The van der Waals surface area contributed by atoms with Crippen molar-refractivity contribution in [2.75, 3.05) is 6.61 Å². The van der Waals surface area contributed by atoms with Gasteiger partial charge in [-0.1, -0.05) is 39.4 Å². The quantitative estimate of drug-likeness (QED) is 0.530. The lowest BCUT2D eigenvalue weighted by atomic mass is 9.96. The van der Waals surface area contributed by atoms with E-state index in [1.165, 1.54) is 11.3 Å². The number of nitrogens with zero attached hydrogens (tertiary/aromatic N) is 4. The van der Waals surface area contributed by atoms with Crippen molar-refractivity contribution in [2.45, 2.75) is 19.9 Å². The average Bonchev–Trinajstić information content (AvgIpc) is 3.24. The van der Waals surface area contributed by atoms with Crippen molar-refractivity contribution in [1.82, 2.24) is 14.3 Å². The van der Waals surface area contributed by atoms with E-state index in [4.69, 9.17) is 4.74 Å². The van der Waals surface area contributed by atoms with Gasteiger partial charge in [-0.3, -0.25) is 14.0 Å². The Kier molecular flexibility index (Phi) is 5.57. The Balaban J connectivity index is 1.96. The second-order valence-corrected chi connectivity index (χ2v) is 8.73. The average molecular weight is 487 g/mol. The predicted octanol–water partition coefficient (Wildman–Crippen LogP) is 2.29. The number of carbonyl (C=O) groups is 1. The van der Waals surface area contributed by atoms with Crippen molar-refractivity contribution in [3.8, 4) is 0 Å². The number of aryl methyl sites for hydroxylation is 1. The SMILES string of the molecule is CCOC(=O)C1=C(C)N=c2s/c(=C/c3cnn(C)c3)c(=O)n2[C@H]1c1ccc(Br)cc1. The summed E-state index contributed by atoms with van der Waals surface area (Å²) in [4.78, 5) is 31.3. The summed E-state index contributed by atoms with van der Waals surface area (Å²) in [7, 11) is 1.82. The number of rotatable bonds is 4. The van der Waals surface area contributed by atoms with Crippen LogP contribution in [0.1, 0.15) is 31.0 Å². The van der Waals surface area contributed by atoms with Crippen molar-refractivity contribution in [2.24, 2.45) is 12.0 Å². The van der Waals surface area contributed by atoms with E-state index in [1.54, 1.807) is 35.4 Å². The van der Waals surface area contributed by atoms with Crippen LogP contribution in [0.15, 0.2) is 62.2 Å². The zero-order chi connectivity index (χ0) is 21.4. The first-order chi connectivity index (χ1) is 14.4. The smallest absolute Gasteiger partial charge is 0.338 e. The molecule has 3 aromatic rings. The Morgan fingerprint density at radius 1 is 1.33 bits per heavy atom. The molecular formula is C21H19BrN4O3S. The number of benzene rings is 1. The van der Waals surface area contributed by atoms with Crippen LogP contribution < -0.4 is 14.9 Å². The molecule has 3 heterocycles. The van der Waals surface area contributed by atoms with Gasteiger partial charge in [-0.25, -0.2) is 9.79 Å². The van der Waals surface area contributed by atoms with E-state index in [0.29, 0.717) is 20.6 Å². The fraction of sp³-hybridized carbons (Fsp3) is 0.238. The molecule has 30 heavy (non-hydrogen) atoms. The van der Waals surface area contributed by atoms with Crippen LogP contribution in [0.2, 0.25) is 0 Å². The molecular weight excluding hydrogens is 468 g/mol. The Labute approximate surface area is 184 Å². The molecule has 0 saturated carbocycles. The number of fused-ring (bicyclic) bond motifs is 1. The minimum atomic E-state index is -0.607. The molecule has 0 spiro atoms. The zero-order valence-corrected chi connectivity index (χ0v) is 19.0. The summed E-state index contributed by atoms with van der Waals surface area (Å²) in [5.41, 5.74) is 2.36. The van der Waals surface area contributed by atoms with Gasteiger partial charge in [0.05, 0.1) is 34.6 Å². The van der Waals surface area contributed by atoms with Gasteiger partial charge in [0.25, 0.3) is 5.56 Å². The summed E-state index contributed by atoms with van der Waals surface area (Å²) in [6, 6.07) is 6.96. The monoisotopic (exact) mass is 486 g/mol. The van der Waals surface area contributed by atoms with Crippen LogP contribution in [0.4, 0.5) is 0 Å². The second-order valence-electron chi connectivity index (χ2n) is 6.80. The van der Waals surface area contributed by atoms with Crippen LogP contribution in [0.3, 0.4) is 0 Å². The van der Waals surface area contributed by atoms with Crippen LogP contribution in [-0.4, -0.2) is 26.9 Å². The number of hydrogen-bond donors (Lipinski definition) is 0. The fourth-order valence-corrected chi connectivity index (χ4v) is 4.73. The third kappa shape index (κ3) is 3.70. The summed E-state index contributed by atoms with van der Waals surface area (Å²) in [6.45, 7) is 3.77. The fourth-order valence-electron chi connectivity index (χ4n) is 3.42. The Morgan fingerprint density at radius 3 is 2.70 bits per heavy atom. The van der Waals surface area contributed by atoms with Gasteiger partial charge in [-0.15, -0.1) is 0 Å². The molecule has 0 radical (unpaired) electrons. The third-order valence-corrected chi connectivity index (χ3v) is 6.24. The van der Waals surface area contributed by atoms with Crippen LogP contribution in [0.25, 0.3) is 6.08 Å². The maximum absolute atomic E-state index is 13.4. The first-order valence-electron chi connectivity index (χ1n) is 9.33. The largest absolute Gasteiger partial charge is 0.463 e. The summed E-state index contributed by atoms with van der Waals surface area (Å²) in [5, 5.41) is 4.15. The molecule has 7 nitrogen and oxygen atoms in total. The molecule has 0 aliphatic carbocycles. The first-order valence-corrected chi connectivity index (χ1v) is 10.9. The molecule has 0 N–H and O–H groups in total. The first kappa shape index (κ1) is 20.5. The predicted molar refractivity (Wildman–Crippen MR) is 118 cm³/mol. The number of halogens is 1. The standard InChI is InChI=1S/C21H19BrN4O3S/c1-4-29-20(28)17-12(2)24-21-26(18(17)14-5-7-15(22)8-6-14)19(27)16(30-21)9-13-10-23-25(3)11-13/h5-11,18H,4H2,1-3H3/b16-9+/t18-/m0/s1. The molecule has 154 valence electrons. The highest BCUT2D eigenvalue weighted by Crippen LogP contribution is 2.31. The van der Waals surface area contributed by atoms with Crippen LogP contribution in [0.5, 0.6) is 0 Å². The van der Waals surface area contributed by atoms with Crippen molar-refractivity contribution < 1.29 is 9.53 Å². The van der Waals surface area contributed by atoms with Gasteiger partial charge in [0.1, 0.15) is 0 Å². The molecule has 1 aliphatic rings. The highest BCUT2D eigenvalue weighted by molar-refractivity contribution is 9.10. The molecule has 4 rings (SSSR count). The number of thiazole rings is 1. The van der Waals surface area contributed by atoms with E-state index in [1.807, 2.05) is 37.5 Å². The number of hydrogen-bond acceptors (Lipinski definition) is 6. The molecule has 1 atom stereocenters. The lowest BCUT2D eigenvalue weighted by molar-refractivity contribution is -0.139. The molecule has 2 aromatic heterocycles. The number of aromatic nitrogens is 3. The second kappa shape index (κ2) is 8.16. The van der Waals surface area contributed by atoms with Gasteiger partial charge in [-0.05, 0) is 37.6 Å². The van der Waals surface area contributed by atoms with Gasteiger partial charge < -0.3 is 4.74 Å². The molecule has 0 fully saturated rings. The van der Waals surface area contributed by atoms with Crippen LogP contribution >= 0.6 is 27.3 Å². The summed E-state index contributed by atoms with van der Waals surface area (Å²) < 4.78 is 9.99. The number of carbonyl (C=O) groups excluding carboxylic acids is 1. The summed E-state index contributed by atoms with van der Waals surface area (Å²) >= 11 is 4.73. The van der Waals surface area contributed by atoms with E-state index < -0.39 is 12.0 Å². The molecule has 1 aromatic carbocycles. The van der Waals surface area contributed by atoms with Gasteiger partial charge in [0.15, 0.2) is 4.80 Å². The number of allylic oxidation sites excluding steroid dienone is 1. The normalized spacial score (nSPS) is 16.4. The number of ether oxygens (including phenoxy) is 1. The Hall–Kier alpha value is -2.78. The third-order valence-electron chi connectivity index (χ3n) is 4.73. The Morgan fingerprint density at radius 2 is 2.07 bits per heavy atom. The van der Waals surface area contributed by atoms with Crippen molar-refractivity contribution in [3.05, 3.63) is 83.2 Å². The van der Waals surface area contributed by atoms with Crippen molar-refractivity contribution >= 4 is 39.3 Å². The lowest BCUT2D eigenvalue weighted by Gasteiger charge is -2.24. The minimum Gasteiger partial charge on any atom is -0.463 e. The van der Waals surface area contributed by atoms with E-state index >= 15 is 0 Å². The van der Waals surface area contributed by atoms with Crippen LogP contribution in [0, 0.1) is 0 Å². The zero-order valence-electron chi connectivity index (χ0n) is 16.6. The molecule has 0 unspecified atom stereocenters. The number of esters is 1. The van der Waals surface area contributed by atoms with Gasteiger partial charge >= 0.3 is 5.97 Å². The van der Waals surface area contributed by atoms with Gasteiger partial charge in [-0.2, -0.15) is 5.10 Å². The topological polar surface area (TPSA) is 78.5 Å². The Bertz CT molecular complexity index is 1330. The van der Waals surface area contributed by atoms with Crippen molar-refractivity contribution in [3.63, 3.8) is 0 Å². The highest BCUT2D eigenvalue weighted by Gasteiger charge is 2.33. The molecule has 9 heteroatoms. The van der Waals surface area contributed by atoms with Gasteiger partial charge in [0.2, 0.25) is 0 Å². The van der Waals surface area contributed by atoms with E-state index in [-0.39, 0.29) is 12.2 Å². The maximum Gasteiger partial charge on any atom is 0.338 e. The lowest BCUT2D eigenvalue weighted by Crippen LogP contribution is -2.39. The summed E-state index contributed by atoms with van der Waals surface area (Å²) in [6.07, 6.45) is 5.32. The van der Waals surface area contributed by atoms with E-state index in [0.717, 1.165) is 15.6 Å². The molecule has 0 saturated heterocycles. The minimum absolute atomic E-state index is 0.204. The van der Waals surface area contributed by atoms with E-state index in [9.17, 15) is 9.59 Å². The highest BCUT2D eigenvalue weighted by atomic mass is 79.9. The van der Waals surface area contributed by atoms with Crippen LogP contribution in [-0.2, 0) is 16.6 Å². The molecule has 1 aliphatic heterocycles. The maximum atomic E-state index is 13.4. The molecule has 0 bridgehead atoms. The van der Waals surface area contributed by atoms with Crippen molar-refractivity contribution in [1.29, 1.82) is 0 Å².